The molecule has 1 aliphatic heterocycles. The fourth-order valence-corrected chi connectivity index (χ4v) is 2.64. The van der Waals surface area contributed by atoms with Crippen molar-refractivity contribution in [3.8, 4) is 0 Å². The van der Waals surface area contributed by atoms with E-state index < -0.39 is 0 Å². The number of halogens is 1. The second-order valence-corrected chi connectivity index (χ2v) is 5.66. The van der Waals surface area contributed by atoms with Gasteiger partial charge < -0.3 is 10.6 Å². The van der Waals surface area contributed by atoms with Gasteiger partial charge in [-0.1, -0.05) is 17.3 Å². The highest BCUT2D eigenvalue weighted by molar-refractivity contribution is 6.03. The van der Waals surface area contributed by atoms with E-state index in [2.05, 4.69) is 20.9 Å². The maximum absolute atomic E-state index is 12.3. The minimum Gasteiger partial charge on any atom is -0.321 e. The van der Waals surface area contributed by atoms with Gasteiger partial charge in [-0.05, 0) is 45.0 Å². The highest BCUT2D eigenvalue weighted by Crippen LogP contribution is 2.17. The summed E-state index contributed by atoms with van der Waals surface area (Å²) in [5.74, 6) is -0.371. The molecule has 0 atom stereocenters. The molecule has 0 saturated carbocycles. The second kappa shape index (κ2) is 8.03. The molecule has 2 heterocycles. The third-order valence-electron chi connectivity index (χ3n) is 3.95. The molecule has 8 heteroatoms. The quantitative estimate of drug-likeness (QED) is 0.825. The van der Waals surface area contributed by atoms with E-state index in [1.165, 1.54) is 6.92 Å². The zero-order valence-corrected chi connectivity index (χ0v) is 14.2. The van der Waals surface area contributed by atoms with Crippen molar-refractivity contribution in [2.75, 3.05) is 18.4 Å². The molecule has 3 rings (SSSR count). The van der Waals surface area contributed by atoms with E-state index in [1.807, 2.05) is 0 Å². The summed E-state index contributed by atoms with van der Waals surface area (Å²) < 4.78 is 1.77. The lowest BCUT2D eigenvalue weighted by Crippen LogP contribution is -2.29. The molecule has 0 aliphatic carbocycles. The first-order chi connectivity index (χ1) is 11.1. The van der Waals surface area contributed by atoms with Crippen molar-refractivity contribution >= 4 is 29.8 Å². The SMILES string of the molecule is CC(=O)c1cccc(NC(=O)c2cn(C3CCNCC3)nn2)c1.Cl. The Kier molecular flexibility index (Phi) is 6.05. The zero-order chi connectivity index (χ0) is 16.2. The van der Waals surface area contributed by atoms with Crippen LogP contribution in [-0.2, 0) is 0 Å². The van der Waals surface area contributed by atoms with Gasteiger partial charge in [-0.15, -0.1) is 17.5 Å². The van der Waals surface area contributed by atoms with E-state index in [0.29, 0.717) is 11.3 Å². The molecule has 1 aromatic heterocycles. The normalized spacial score (nSPS) is 14.7. The van der Waals surface area contributed by atoms with Crippen LogP contribution in [0.25, 0.3) is 0 Å². The van der Waals surface area contributed by atoms with Gasteiger partial charge >= 0.3 is 0 Å². The number of benzene rings is 1. The van der Waals surface area contributed by atoms with E-state index in [0.717, 1.165) is 25.9 Å². The summed E-state index contributed by atoms with van der Waals surface area (Å²) in [7, 11) is 0. The first-order valence-corrected chi connectivity index (χ1v) is 7.68. The van der Waals surface area contributed by atoms with Crippen molar-refractivity contribution in [2.24, 2.45) is 0 Å². The maximum Gasteiger partial charge on any atom is 0.277 e. The summed E-state index contributed by atoms with van der Waals surface area (Å²) in [4.78, 5) is 23.7. The van der Waals surface area contributed by atoms with E-state index >= 15 is 0 Å². The lowest BCUT2D eigenvalue weighted by Gasteiger charge is -2.22. The number of hydrogen-bond acceptors (Lipinski definition) is 5. The molecule has 7 nitrogen and oxygen atoms in total. The number of nitrogens with zero attached hydrogens (tertiary/aromatic N) is 3. The number of Topliss-reactive ketones (excluding diaryl/α,β-unsaturated/α-hetero) is 1. The fourth-order valence-electron chi connectivity index (χ4n) is 2.64. The van der Waals surface area contributed by atoms with E-state index in [1.54, 1.807) is 35.1 Å². The number of rotatable bonds is 4. The molecule has 24 heavy (non-hydrogen) atoms. The summed E-state index contributed by atoms with van der Waals surface area (Å²) in [6.45, 7) is 3.39. The van der Waals surface area contributed by atoms with Crippen molar-refractivity contribution < 1.29 is 9.59 Å². The van der Waals surface area contributed by atoms with Crippen LogP contribution in [0.2, 0.25) is 0 Å². The van der Waals surface area contributed by atoms with Gasteiger partial charge in [0, 0.05) is 11.3 Å². The first kappa shape index (κ1) is 18.1. The Morgan fingerprint density at radius 3 is 2.75 bits per heavy atom. The molecular weight excluding hydrogens is 330 g/mol. The van der Waals surface area contributed by atoms with Gasteiger partial charge in [0.1, 0.15) is 0 Å². The summed E-state index contributed by atoms with van der Waals surface area (Å²) >= 11 is 0. The van der Waals surface area contributed by atoms with Crippen molar-refractivity contribution in [1.82, 2.24) is 20.3 Å². The van der Waals surface area contributed by atoms with Gasteiger partial charge in [0.25, 0.3) is 5.91 Å². The van der Waals surface area contributed by atoms with Crippen LogP contribution in [0.1, 0.15) is 46.7 Å². The number of nitrogens with one attached hydrogen (secondary N) is 2. The van der Waals surface area contributed by atoms with Crippen molar-refractivity contribution in [2.45, 2.75) is 25.8 Å². The smallest absolute Gasteiger partial charge is 0.277 e. The predicted octanol–water partition coefficient (Wildman–Crippen LogP) is 2.08. The number of ketones is 1. The Labute approximate surface area is 146 Å². The molecule has 1 aromatic carbocycles. The first-order valence-electron chi connectivity index (χ1n) is 7.68. The number of piperidine rings is 1. The Bertz CT molecular complexity index is 725. The third kappa shape index (κ3) is 4.18. The molecule has 0 radical (unpaired) electrons. The van der Waals surface area contributed by atoms with Crippen LogP contribution in [0.5, 0.6) is 0 Å². The fraction of sp³-hybridized carbons (Fsp3) is 0.375. The molecule has 1 fully saturated rings. The average molecular weight is 350 g/mol. The van der Waals surface area contributed by atoms with E-state index in [4.69, 9.17) is 0 Å². The largest absolute Gasteiger partial charge is 0.321 e. The molecule has 2 N–H and O–H groups in total. The molecule has 1 saturated heterocycles. The number of carbonyl (C=O) groups is 2. The number of hydrogen-bond donors (Lipinski definition) is 2. The minimum atomic E-state index is -0.328. The summed E-state index contributed by atoms with van der Waals surface area (Å²) in [6, 6.07) is 7.12. The number of aromatic nitrogens is 3. The van der Waals surface area contributed by atoms with Crippen LogP contribution < -0.4 is 10.6 Å². The molecule has 0 bridgehead atoms. The van der Waals surface area contributed by atoms with Crippen LogP contribution in [0.4, 0.5) is 5.69 Å². The predicted molar refractivity (Wildman–Crippen MR) is 92.8 cm³/mol. The molecule has 0 spiro atoms. The van der Waals surface area contributed by atoms with Crippen LogP contribution in [0, 0.1) is 0 Å². The Morgan fingerprint density at radius 2 is 2.04 bits per heavy atom. The van der Waals surface area contributed by atoms with Gasteiger partial charge in [-0.3, -0.25) is 9.59 Å². The van der Waals surface area contributed by atoms with Gasteiger partial charge in [-0.2, -0.15) is 0 Å². The van der Waals surface area contributed by atoms with Crippen LogP contribution >= 0.6 is 12.4 Å². The van der Waals surface area contributed by atoms with Crippen molar-refractivity contribution in [1.29, 1.82) is 0 Å². The molecule has 2 aromatic rings. The number of amides is 1. The van der Waals surface area contributed by atoms with E-state index in [-0.39, 0.29) is 35.8 Å². The lowest BCUT2D eigenvalue weighted by molar-refractivity contribution is 0.100. The molecule has 1 amide bonds. The highest BCUT2D eigenvalue weighted by atomic mass is 35.5. The lowest BCUT2D eigenvalue weighted by atomic mass is 10.1. The summed E-state index contributed by atoms with van der Waals surface area (Å²) in [5, 5.41) is 14.1. The Hall–Kier alpha value is -2.25. The van der Waals surface area contributed by atoms with Gasteiger partial charge in [0.2, 0.25) is 0 Å². The van der Waals surface area contributed by atoms with Crippen LogP contribution in [0.15, 0.2) is 30.5 Å². The highest BCUT2D eigenvalue weighted by Gasteiger charge is 2.18. The average Bonchev–Trinajstić information content (AvgIpc) is 3.06. The third-order valence-corrected chi connectivity index (χ3v) is 3.95. The number of anilines is 1. The van der Waals surface area contributed by atoms with Crippen LogP contribution in [0.3, 0.4) is 0 Å². The minimum absolute atomic E-state index is 0. The van der Waals surface area contributed by atoms with Gasteiger partial charge in [0.15, 0.2) is 11.5 Å². The molecule has 128 valence electrons. The van der Waals surface area contributed by atoms with E-state index in [9.17, 15) is 9.59 Å². The standard InChI is InChI=1S/C16H19N5O2.ClH/c1-11(22)12-3-2-4-13(9-12)18-16(23)15-10-21(20-19-15)14-5-7-17-8-6-14;/h2-4,9-10,14,17H,5-8H2,1H3,(H,18,23);1H. The van der Waals surface area contributed by atoms with Crippen molar-refractivity contribution in [3.63, 3.8) is 0 Å². The second-order valence-electron chi connectivity index (χ2n) is 5.66. The summed E-state index contributed by atoms with van der Waals surface area (Å²) in [5.41, 5.74) is 1.40. The molecular formula is C16H20ClN5O2. The van der Waals surface area contributed by atoms with Crippen molar-refractivity contribution in [3.05, 3.63) is 41.7 Å². The molecule has 1 aliphatic rings. The Balaban J connectivity index is 0.00000208. The Morgan fingerprint density at radius 1 is 1.29 bits per heavy atom. The zero-order valence-electron chi connectivity index (χ0n) is 13.4. The number of carbonyl (C=O) groups excluding carboxylic acids is 2. The maximum atomic E-state index is 12.3. The summed E-state index contributed by atoms with van der Waals surface area (Å²) in [6.07, 6.45) is 3.64. The monoisotopic (exact) mass is 349 g/mol. The topological polar surface area (TPSA) is 88.9 Å². The van der Waals surface area contributed by atoms with Gasteiger partial charge in [-0.25, -0.2) is 4.68 Å². The molecule has 0 unspecified atom stereocenters. The van der Waals surface area contributed by atoms with Gasteiger partial charge in [0.05, 0.1) is 12.2 Å². The van der Waals surface area contributed by atoms with Crippen LogP contribution in [-0.4, -0.2) is 39.8 Å².